The Labute approximate surface area is 53.2 Å². The van der Waals surface area contributed by atoms with Gasteiger partial charge in [0.2, 0.25) is 0 Å². The third kappa shape index (κ3) is 3.30. The number of carbonyl (C=O) groups excluding carboxylic acids is 1. The van der Waals surface area contributed by atoms with Gasteiger partial charge in [0.05, 0.1) is 12.0 Å². The van der Waals surface area contributed by atoms with E-state index in [2.05, 4.69) is 6.58 Å². The van der Waals surface area contributed by atoms with Crippen molar-refractivity contribution >= 4 is 5.97 Å². The molecule has 0 heterocycles. The second-order valence-corrected chi connectivity index (χ2v) is 1.55. The van der Waals surface area contributed by atoms with E-state index in [0.29, 0.717) is 0 Å². The molecule has 0 atom stereocenters. The van der Waals surface area contributed by atoms with E-state index < -0.39 is 5.97 Å². The summed E-state index contributed by atoms with van der Waals surface area (Å²) in [6, 6.07) is 1.80. The van der Waals surface area contributed by atoms with Crippen molar-refractivity contribution in [3.63, 3.8) is 0 Å². The maximum atomic E-state index is 9.89. The smallest absolute Gasteiger partial charge is 0.0669 e. The maximum Gasteiger partial charge on any atom is 0.0669 e. The van der Waals surface area contributed by atoms with Crippen LogP contribution in [-0.2, 0) is 4.79 Å². The number of hydrogen-bond acceptors (Lipinski definition) is 3. The molecule has 0 bridgehead atoms. The first-order valence-corrected chi connectivity index (χ1v) is 2.44. The Morgan fingerprint density at radius 2 is 2.33 bits per heavy atom. The van der Waals surface area contributed by atoms with Gasteiger partial charge >= 0.3 is 0 Å². The van der Waals surface area contributed by atoms with E-state index in [4.69, 9.17) is 5.26 Å². The van der Waals surface area contributed by atoms with Gasteiger partial charge in [-0.3, -0.25) is 0 Å². The third-order valence-electron chi connectivity index (χ3n) is 0.827. The number of nitrogens with zero attached hydrogens (tertiary/aromatic N) is 1. The molecule has 0 N–H and O–H groups in total. The highest BCUT2D eigenvalue weighted by Crippen LogP contribution is 1.98. The monoisotopic (exact) mass is 124 g/mol. The molecule has 0 rings (SSSR count). The lowest BCUT2D eigenvalue weighted by Crippen LogP contribution is -2.23. The number of hydrogen-bond donors (Lipinski definition) is 0. The minimum Gasteiger partial charge on any atom is -0.545 e. The van der Waals surface area contributed by atoms with E-state index in [1.165, 1.54) is 0 Å². The average molecular weight is 124 g/mol. The molecule has 0 aromatic heterocycles. The van der Waals surface area contributed by atoms with Gasteiger partial charge in [-0.25, -0.2) is 0 Å². The number of carboxylic acids is 1. The predicted molar refractivity (Wildman–Crippen MR) is 29.0 cm³/mol. The molecule has 0 aromatic carbocycles. The molecule has 0 amide bonds. The SMILES string of the molecule is C=C(CCC#N)C(=O)[O-]. The molecule has 0 unspecified atom stereocenters. The third-order valence-corrected chi connectivity index (χ3v) is 0.827. The fourth-order valence-electron chi connectivity index (χ4n) is 0.309. The fraction of sp³-hybridized carbons (Fsp3) is 0.333. The zero-order valence-electron chi connectivity index (χ0n) is 4.89. The molecular weight excluding hydrogens is 118 g/mol. The Morgan fingerprint density at radius 1 is 1.78 bits per heavy atom. The summed E-state index contributed by atoms with van der Waals surface area (Å²) in [5.41, 5.74) is -0.0171. The molecule has 3 nitrogen and oxygen atoms in total. The van der Waals surface area contributed by atoms with Crippen molar-refractivity contribution in [2.45, 2.75) is 12.8 Å². The van der Waals surface area contributed by atoms with Gasteiger partial charge in [0.15, 0.2) is 0 Å². The molecule has 0 aliphatic carbocycles. The average Bonchev–Trinajstić information content (AvgIpc) is 1.82. The number of rotatable bonds is 3. The quantitative estimate of drug-likeness (QED) is 0.480. The first kappa shape index (κ1) is 7.70. The largest absolute Gasteiger partial charge is 0.545 e. The Kier molecular flexibility index (Phi) is 3.14. The summed E-state index contributed by atoms with van der Waals surface area (Å²) in [5.74, 6) is -1.27. The van der Waals surface area contributed by atoms with Crippen LogP contribution >= 0.6 is 0 Å². The summed E-state index contributed by atoms with van der Waals surface area (Å²) < 4.78 is 0. The van der Waals surface area contributed by atoms with Gasteiger partial charge in [0.25, 0.3) is 0 Å². The van der Waals surface area contributed by atoms with Gasteiger partial charge in [0, 0.05) is 6.42 Å². The van der Waals surface area contributed by atoms with Crippen LogP contribution in [0.15, 0.2) is 12.2 Å². The van der Waals surface area contributed by atoms with Gasteiger partial charge in [-0.05, 0) is 12.0 Å². The molecule has 0 fully saturated rings. The van der Waals surface area contributed by atoms with E-state index in [-0.39, 0.29) is 18.4 Å². The van der Waals surface area contributed by atoms with E-state index >= 15 is 0 Å². The molecule has 0 aliphatic rings. The highest BCUT2D eigenvalue weighted by molar-refractivity contribution is 5.83. The van der Waals surface area contributed by atoms with E-state index in [9.17, 15) is 9.90 Å². The zero-order chi connectivity index (χ0) is 7.28. The molecule has 0 spiro atoms. The van der Waals surface area contributed by atoms with Crippen molar-refractivity contribution in [3.8, 4) is 6.07 Å². The highest BCUT2D eigenvalue weighted by atomic mass is 16.4. The van der Waals surface area contributed by atoms with E-state index in [1.54, 1.807) is 6.07 Å². The topological polar surface area (TPSA) is 63.9 Å². The number of carbonyl (C=O) groups is 1. The lowest BCUT2D eigenvalue weighted by molar-refractivity contribution is -0.299. The Bertz CT molecular complexity index is 166. The van der Waals surface area contributed by atoms with Crippen molar-refractivity contribution in [2.24, 2.45) is 0 Å². The van der Waals surface area contributed by atoms with Crippen molar-refractivity contribution in [1.82, 2.24) is 0 Å². The van der Waals surface area contributed by atoms with Gasteiger partial charge in [-0.1, -0.05) is 6.58 Å². The van der Waals surface area contributed by atoms with Gasteiger partial charge in [0.1, 0.15) is 0 Å². The predicted octanol–water partition coefficient (Wildman–Crippen LogP) is -0.404. The summed E-state index contributed by atoms with van der Waals surface area (Å²) in [7, 11) is 0. The molecule has 0 radical (unpaired) electrons. The summed E-state index contributed by atoms with van der Waals surface area (Å²) in [4.78, 5) is 9.89. The lowest BCUT2D eigenvalue weighted by Gasteiger charge is -2.00. The van der Waals surface area contributed by atoms with E-state index in [1.807, 2.05) is 0 Å². The van der Waals surface area contributed by atoms with Crippen LogP contribution in [0.5, 0.6) is 0 Å². The number of nitriles is 1. The lowest BCUT2D eigenvalue weighted by atomic mass is 10.2. The van der Waals surface area contributed by atoms with Crippen LogP contribution in [0.1, 0.15) is 12.8 Å². The summed E-state index contributed by atoms with van der Waals surface area (Å²) in [5, 5.41) is 17.9. The molecular formula is C6H6NO2-. The van der Waals surface area contributed by atoms with Crippen LogP contribution in [-0.4, -0.2) is 5.97 Å². The van der Waals surface area contributed by atoms with Crippen LogP contribution < -0.4 is 5.11 Å². The zero-order valence-corrected chi connectivity index (χ0v) is 4.89. The van der Waals surface area contributed by atoms with Gasteiger partial charge in [-0.15, -0.1) is 0 Å². The van der Waals surface area contributed by atoms with Crippen LogP contribution in [0.4, 0.5) is 0 Å². The normalized spacial score (nSPS) is 7.89. The Hall–Kier alpha value is -1.30. The second kappa shape index (κ2) is 3.67. The van der Waals surface area contributed by atoms with Crippen molar-refractivity contribution < 1.29 is 9.90 Å². The molecule has 0 saturated carbocycles. The Balaban J connectivity index is 3.55. The minimum atomic E-state index is -1.27. The molecule has 3 heteroatoms. The summed E-state index contributed by atoms with van der Waals surface area (Å²) in [6.45, 7) is 3.18. The first-order valence-electron chi connectivity index (χ1n) is 2.44. The fourth-order valence-corrected chi connectivity index (χ4v) is 0.309. The molecule has 0 saturated heterocycles. The standard InChI is InChI=1S/C6H7NO2/c1-5(6(8)9)3-2-4-7/h1-3H2,(H,8,9)/p-1. The van der Waals surface area contributed by atoms with Crippen LogP contribution in [0.3, 0.4) is 0 Å². The van der Waals surface area contributed by atoms with Crippen molar-refractivity contribution in [3.05, 3.63) is 12.2 Å². The minimum absolute atomic E-state index is 0.0171. The van der Waals surface area contributed by atoms with E-state index in [0.717, 1.165) is 0 Å². The van der Waals surface area contributed by atoms with Gasteiger partial charge in [-0.2, -0.15) is 5.26 Å². The first-order chi connectivity index (χ1) is 4.18. The Morgan fingerprint density at radius 3 is 2.67 bits per heavy atom. The highest BCUT2D eigenvalue weighted by Gasteiger charge is 1.91. The summed E-state index contributed by atoms with van der Waals surface area (Å²) in [6.07, 6.45) is 0.381. The van der Waals surface area contributed by atoms with Gasteiger partial charge < -0.3 is 9.90 Å². The second-order valence-electron chi connectivity index (χ2n) is 1.55. The van der Waals surface area contributed by atoms with Crippen LogP contribution in [0.2, 0.25) is 0 Å². The van der Waals surface area contributed by atoms with Crippen molar-refractivity contribution in [1.29, 1.82) is 5.26 Å². The van der Waals surface area contributed by atoms with Crippen molar-refractivity contribution in [2.75, 3.05) is 0 Å². The molecule has 48 valence electrons. The van der Waals surface area contributed by atoms with Crippen LogP contribution in [0.25, 0.3) is 0 Å². The molecule has 9 heavy (non-hydrogen) atoms. The number of aliphatic carboxylic acids is 1. The van der Waals surface area contributed by atoms with Crippen LogP contribution in [0, 0.1) is 11.3 Å². The molecule has 0 aromatic rings. The maximum absolute atomic E-state index is 9.89. The molecule has 0 aliphatic heterocycles. The summed E-state index contributed by atoms with van der Waals surface area (Å²) >= 11 is 0. The number of carboxylic acid groups (broad SMARTS) is 1.